The van der Waals surface area contributed by atoms with E-state index < -0.39 is 5.54 Å². The molecule has 0 radical (unpaired) electrons. The smallest absolute Gasteiger partial charge is 0.240 e. The molecule has 1 saturated heterocycles. The molecule has 5 nitrogen and oxygen atoms in total. The van der Waals surface area contributed by atoms with Gasteiger partial charge in [-0.15, -0.1) is 12.4 Å². The molecular formula is C21H33ClN2O3. The van der Waals surface area contributed by atoms with Gasteiger partial charge in [-0.1, -0.05) is 31.4 Å². The van der Waals surface area contributed by atoms with Gasteiger partial charge in [0, 0.05) is 25.2 Å². The first-order valence-electron chi connectivity index (χ1n) is 9.96. The number of amides is 1. The Morgan fingerprint density at radius 1 is 1.11 bits per heavy atom. The Kier molecular flexibility index (Phi) is 7.95. The van der Waals surface area contributed by atoms with Crippen molar-refractivity contribution in [2.75, 3.05) is 26.4 Å². The standard InChI is InChI=1S/C21H32N2O3.ClH/c1-2-26-18-8-6-17(7-9-18)20(12-14-25-15-13-20)16-23-19(24)21(22)10-4-3-5-11-21;/h6-9H,2-5,10-16,22H2,1H3,(H,23,24);1H. The minimum atomic E-state index is -0.691. The second-order valence-electron chi connectivity index (χ2n) is 7.75. The normalized spacial score (nSPS) is 21.0. The summed E-state index contributed by atoms with van der Waals surface area (Å²) in [5.41, 5.74) is 6.85. The van der Waals surface area contributed by atoms with Crippen molar-refractivity contribution in [1.82, 2.24) is 5.32 Å². The van der Waals surface area contributed by atoms with E-state index in [2.05, 4.69) is 17.4 Å². The van der Waals surface area contributed by atoms with Gasteiger partial charge in [0.15, 0.2) is 0 Å². The fraction of sp³-hybridized carbons (Fsp3) is 0.667. The summed E-state index contributed by atoms with van der Waals surface area (Å²) in [5.74, 6) is 0.889. The Bertz CT molecular complexity index is 594. The largest absolute Gasteiger partial charge is 0.494 e. The number of nitrogens with two attached hydrogens (primary N) is 1. The van der Waals surface area contributed by atoms with Crippen molar-refractivity contribution < 1.29 is 14.3 Å². The van der Waals surface area contributed by atoms with Crippen LogP contribution < -0.4 is 15.8 Å². The van der Waals surface area contributed by atoms with Crippen LogP contribution in [0.2, 0.25) is 0 Å². The molecule has 1 amide bonds. The maximum absolute atomic E-state index is 12.8. The lowest BCUT2D eigenvalue weighted by Gasteiger charge is -2.39. The molecule has 2 fully saturated rings. The molecule has 0 aromatic heterocycles. The van der Waals surface area contributed by atoms with Gasteiger partial charge in [0.2, 0.25) is 5.91 Å². The zero-order valence-electron chi connectivity index (χ0n) is 16.3. The molecule has 2 aliphatic rings. The van der Waals surface area contributed by atoms with Crippen LogP contribution in [0.3, 0.4) is 0 Å². The number of benzene rings is 1. The molecule has 1 aromatic carbocycles. The summed E-state index contributed by atoms with van der Waals surface area (Å²) in [6, 6.07) is 8.29. The summed E-state index contributed by atoms with van der Waals surface area (Å²) in [4.78, 5) is 12.8. The highest BCUT2D eigenvalue weighted by Gasteiger charge is 2.39. The molecule has 3 N–H and O–H groups in total. The molecule has 1 saturated carbocycles. The van der Waals surface area contributed by atoms with Crippen LogP contribution in [0.4, 0.5) is 0 Å². The third kappa shape index (κ3) is 5.15. The molecule has 6 heteroatoms. The molecule has 1 heterocycles. The zero-order chi connectivity index (χ0) is 18.5. The highest BCUT2D eigenvalue weighted by atomic mass is 35.5. The van der Waals surface area contributed by atoms with Crippen molar-refractivity contribution >= 4 is 18.3 Å². The first-order valence-corrected chi connectivity index (χ1v) is 9.96. The predicted octanol–water partition coefficient (Wildman–Crippen LogP) is 3.33. The lowest BCUT2D eigenvalue weighted by Crippen LogP contribution is -2.57. The number of rotatable bonds is 6. The maximum Gasteiger partial charge on any atom is 0.240 e. The summed E-state index contributed by atoms with van der Waals surface area (Å²) in [5, 5.41) is 3.19. The van der Waals surface area contributed by atoms with Gasteiger partial charge in [0.1, 0.15) is 5.75 Å². The Labute approximate surface area is 168 Å². The average molecular weight is 397 g/mol. The number of halogens is 1. The molecule has 3 rings (SSSR count). The van der Waals surface area contributed by atoms with Crippen molar-refractivity contribution in [3.8, 4) is 5.75 Å². The first-order chi connectivity index (χ1) is 12.6. The van der Waals surface area contributed by atoms with Gasteiger partial charge in [0.25, 0.3) is 0 Å². The van der Waals surface area contributed by atoms with Crippen molar-refractivity contribution in [1.29, 1.82) is 0 Å². The van der Waals surface area contributed by atoms with Crippen LogP contribution in [0.15, 0.2) is 24.3 Å². The van der Waals surface area contributed by atoms with Gasteiger partial charge in [-0.2, -0.15) is 0 Å². The molecule has 27 heavy (non-hydrogen) atoms. The van der Waals surface area contributed by atoms with Crippen molar-refractivity contribution in [2.24, 2.45) is 5.73 Å². The molecule has 0 bridgehead atoms. The van der Waals surface area contributed by atoms with E-state index in [0.29, 0.717) is 13.2 Å². The Morgan fingerprint density at radius 3 is 2.33 bits per heavy atom. The van der Waals surface area contributed by atoms with Gasteiger partial charge in [-0.05, 0) is 50.3 Å². The van der Waals surface area contributed by atoms with E-state index in [4.69, 9.17) is 15.2 Å². The van der Waals surface area contributed by atoms with Crippen LogP contribution in [0.5, 0.6) is 5.75 Å². The van der Waals surface area contributed by atoms with Crippen molar-refractivity contribution in [2.45, 2.75) is 62.8 Å². The second kappa shape index (κ2) is 9.76. The molecule has 0 unspecified atom stereocenters. The first kappa shape index (κ1) is 22.0. The van der Waals surface area contributed by atoms with E-state index in [-0.39, 0.29) is 23.7 Å². The van der Waals surface area contributed by atoms with Crippen LogP contribution in [0.25, 0.3) is 0 Å². The van der Waals surface area contributed by atoms with Crippen molar-refractivity contribution in [3.05, 3.63) is 29.8 Å². The molecule has 1 aromatic rings. The quantitative estimate of drug-likeness (QED) is 0.773. The summed E-state index contributed by atoms with van der Waals surface area (Å²) in [6.07, 6.45) is 6.65. The van der Waals surface area contributed by atoms with Gasteiger partial charge < -0.3 is 20.5 Å². The fourth-order valence-electron chi connectivity index (χ4n) is 4.24. The molecule has 152 valence electrons. The third-order valence-electron chi connectivity index (χ3n) is 6.01. The SMILES string of the molecule is CCOc1ccc(C2(CNC(=O)C3(N)CCCCC3)CCOCC2)cc1.Cl. The Morgan fingerprint density at radius 2 is 1.74 bits per heavy atom. The Balaban J connectivity index is 0.00000261. The molecule has 1 aliphatic carbocycles. The van der Waals surface area contributed by atoms with Gasteiger partial charge in [-0.25, -0.2) is 0 Å². The van der Waals surface area contributed by atoms with Gasteiger partial charge >= 0.3 is 0 Å². The molecule has 0 atom stereocenters. The summed E-state index contributed by atoms with van der Waals surface area (Å²) in [7, 11) is 0. The van der Waals surface area contributed by atoms with E-state index >= 15 is 0 Å². The van der Waals surface area contributed by atoms with Crippen LogP contribution in [-0.2, 0) is 14.9 Å². The second-order valence-corrected chi connectivity index (χ2v) is 7.75. The minimum absolute atomic E-state index is 0. The third-order valence-corrected chi connectivity index (χ3v) is 6.01. The number of hydrogen-bond donors (Lipinski definition) is 2. The van der Waals surface area contributed by atoms with E-state index in [0.717, 1.165) is 57.5 Å². The van der Waals surface area contributed by atoms with Crippen molar-refractivity contribution in [3.63, 3.8) is 0 Å². The number of ether oxygens (including phenoxy) is 2. The minimum Gasteiger partial charge on any atom is -0.494 e. The van der Waals surface area contributed by atoms with E-state index in [1.807, 2.05) is 19.1 Å². The van der Waals surface area contributed by atoms with E-state index in [1.54, 1.807) is 0 Å². The predicted molar refractivity (Wildman–Crippen MR) is 110 cm³/mol. The van der Waals surface area contributed by atoms with Crippen LogP contribution in [0, 0.1) is 0 Å². The summed E-state index contributed by atoms with van der Waals surface area (Å²) in [6.45, 7) is 4.69. The number of nitrogens with one attached hydrogen (secondary N) is 1. The highest BCUT2D eigenvalue weighted by molar-refractivity contribution is 5.86. The summed E-state index contributed by atoms with van der Waals surface area (Å²) >= 11 is 0. The zero-order valence-corrected chi connectivity index (χ0v) is 17.1. The number of carbonyl (C=O) groups is 1. The van der Waals surface area contributed by atoms with Crippen LogP contribution in [0.1, 0.15) is 57.4 Å². The number of hydrogen-bond acceptors (Lipinski definition) is 4. The lowest BCUT2D eigenvalue weighted by atomic mass is 9.73. The highest BCUT2D eigenvalue weighted by Crippen LogP contribution is 2.35. The Hall–Kier alpha value is -1.30. The molecular weight excluding hydrogens is 364 g/mol. The lowest BCUT2D eigenvalue weighted by molar-refractivity contribution is -0.128. The topological polar surface area (TPSA) is 73.6 Å². The fourth-order valence-corrected chi connectivity index (χ4v) is 4.24. The molecule has 1 aliphatic heterocycles. The molecule has 0 spiro atoms. The maximum atomic E-state index is 12.8. The average Bonchev–Trinajstić information content (AvgIpc) is 2.68. The summed E-state index contributed by atoms with van der Waals surface area (Å²) < 4.78 is 11.2. The monoisotopic (exact) mass is 396 g/mol. The number of carbonyl (C=O) groups excluding carboxylic acids is 1. The van der Waals surface area contributed by atoms with Crippen LogP contribution in [-0.4, -0.2) is 37.8 Å². The van der Waals surface area contributed by atoms with E-state index in [1.165, 1.54) is 12.0 Å². The van der Waals surface area contributed by atoms with E-state index in [9.17, 15) is 4.79 Å². The van der Waals surface area contributed by atoms with Crippen LogP contribution >= 0.6 is 12.4 Å². The van der Waals surface area contributed by atoms with Gasteiger partial charge in [0.05, 0.1) is 12.1 Å². The van der Waals surface area contributed by atoms with Gasteiger partial charge in [-0.3, -0.25) is 4.79 Å².